The number of carbonyl (C=O) groups excluding carboxylic acids is 1. The molecule has 0 rings (SSSR count). The average Bonchev–Trinajstić information content (AvgIpc) is 2.31. The Morgan fingerprint density at radius 3 is 1.96 bits per heavy atom. The third-order valence-corrected chi connectivity index (χ3v) is 5.03. The van der Waals surface area contributed by atoms with E-state index in [1.807, 2.05) is 0 Å². The molecular formula is C9H15F3NNaO7S2. The molecule has 23 heavy (non-hydrogen) atoms. The van der Waals surface area contributed by atoms with Crippen LogP contribution in [0.5, 0.6) is 0 Å². The van der Waals surface area contributed by atoms with Gasteiger partial charge in [0.15, 0.2) is 10.0 Å². The van der Waals surface area contributed by atoms with Gasteiger partial charge in [-0.05, 0) is 20.3 Å². The molecule has 0 atom stereocenters. The van der Waals surface area contributed by atoms with Crippen LogP contribution in [0.3, 0.4) is 0 Å². The summed E-state index contributed by atoms with van der Waals surface area (Å²) in [4.78, 5) is 11.5. The molecule has 132 valence electrons. The van der Waals surface area contributed by atoms with Gasteiger partial charge in [0, 0.05) is 0 Å². The molecule has 0 aromatic rings. The van der Waals surface area contributed by atoms with Crippen LogP contribution in [-0.2, 0) is 34.0 Å². The Morgan fingerprint density at radius 1 is 1.09 bits per heavy atom. The number of esters is 1. The van der Waals surface area contributed by atoms with E-state index in [1.165, 1.54) is 0 Å². The van der Waals surface area contributed by atoms with Gasteiger partial charge in [0.05, 0.1) is 12.0 Å². The molecule has 14 heteroatoms. The molecule has 0 saturated heterocycles. The van der Waals surface area contributed by atoms with E-state index in [2.05, 4.69) is 8.92 Å². The Bertz CT molecular complexity index is 601. The molecule has 0 N–H and O–H groups in total. The van der Waals surface area contributed by atoms with Crippen molar-refractivity contribution in [3.05, 3.63) is 4.13 Å². The maximum atomic E-state index is 12.0. The van der Waals surface area contributed by atoms with E-state index < -0.39 is 50.4 Å². The van der Waals surface area contributed by atoms with Gasteiger partial charge in [-0.15, -0.1) is 0 Å². The first-order valence-corrected chi connectivity index (χ1v) is 8.57. The maximum absolute atomic E-state index is 12.0. The number of ether oxygens (including phenoxy) is 1. The van der Waals surface area contributed by atoms with E-state index in [4.69, 9.17) is 0 Å². The summed E-state index contributed by atoms with van der Waals surface area (Å²) in [5, 5.41) is 0. The monoisotopic (exact) mass is 393 g/mol. The minimum atomic E-state index is -6.23. The summed E-state index contributed by atoms with van der Waals surface area (Å²) in [5.41, 5.74) is -6.69. The van der Waals surface area contributed by atoms with Crippen molar-refractivity contribution >= 4 is 26.3 Å². The van der Waals surface area contributed by atoms with E-state index in [9.17, 15) is 34.8 Å². The summed E-state index contributed by atoms with van der Waals surface area (Å²) in [7, 11) is -11.6. The molecule has 0 heterocycles. The number of carbonyl (C=O) groups is 1. The molecule has 0 aromatic carbocycles. The number of rotatable bonds is 8. The van der Waals surface area contributed by atoms with Gasteiger partial charge in [-0.25, -0.2) is 16.8 Å². The zero-order valence-electron chi connectivity index (χ0n) is 12.9. The van der Waals surface area contributed by atoms with Gasteiger partial charge in [-0.3, -0.25) is 8.98 Å². The topological polar surface area (TPSA) is 118 Å². The predicted molar refractivity (Wildman–Crippen MR) is 68.2 cm³/mol. The van der Waals surface area contributed by atoms with Crippen molar-refractivity contribution in [3.8, 4) is 0 Å². The third-order valence-electron chi connectivity index (χ3n) is 2.47. The van der Waals surface area contributed by atoms with Gasteiger partial charge < -0.3 is 8.86 Å². The number of alkyl halides is 3. The molecule has 0 spiro atoms. The van der Waals surface area contributed by atoms with Crippen molar-refractivity contribution in [2.75, 3.05) is 13.2 Å². The summed E-state index contributed by atoms with van der Waals surface area (Å²) in [6, 6.07) is 0. The predicted octanol–water partition coefficient (Wildman–Crippen LogP) is -1.55. The van der Waals surface area contributed by atoms with Crippen LogP contribution >= 0.6 is 0 Å². The fourth-order valence-corrected chi connectivity index (χ4v) is 2.55. The largest absolute Gasteiger partial charge is 1.00 e. The quantitative estimate of drug-likeness (QED) is 0.278. The van der Waals surface area contributed by atoms with Gasteiger partial charge in [0.1, 0.15) is 6.61 Å². The van der Waals surface area contributed by atoms with Crippen LogP contribution < -0.4 is 29.6 Å². The molecule has 0 unspecified atom stereocenters. The van der Waals surface area contributed by atoms with Crippen LogP contribution in [0.4, 0.5) is 13.2 Å². The first-order chi connectivity index (χ1) is 9.65. The average molecular weight is 393 g/mol. The number of hydrogen-bond acceptors (Lipinski definition) is 7. The maximum Gasteiger partial charge on any atom is 1.00 e. The normalized spacial score (nSPS) is 13.3. The standard InChI is InChI=1S/C9H15F3NO7S2.Na/c1-4-8(2,3)7(14)19-5-6-20-22(17,18)13-21(15,16)9(10,11)12;/h4-6H2,1-3H3;/q-1;+1. The number of halogens is 3. The van der Waals surface area contributed by atoms with Crippen LogP contribution in [0.25, 0.3) is 4.13 Å². The summed E-state index contributed by atoms with van der Waals surface area (Å²) < 4.78 is 89.1. The van der Waals surface area contributed by atoms with Crippen molar-refractivity contribution < 1.29 is 73.3 Å². The molecule has 0 aromatic heterocycles. The summed E-state index contributed by atoms with van der Waals surface area (Å²) in [6.45, 7) is 3.38. The van der Waals surface area contributed by atoms with Crippen molar-refractivity contribution in [1.82, 2.24) is 0 Å². The summed E-state index contributed by atoms with van der Waals surface area (Å²) in [6.07, 6.45) is 0.435. The molecular weight excluding hydrogens is 378 g/mol. The number of nitrogens with zero attached hydrogens (tertiary/aromatic N) is 1. The first-order valence-electron chi connectivity index (χ1n) is 5.77. The van der Waals surface area contributed by atoms with Crippen LogP contribution in [0.15, 0.2) is 0 Å². The molecule has 0 fully saturated rings. The van der Waals surface area contributed by atoms with Crippen LogP contribution in [0, 0.1) is 5.41 Å². The Hall–Kier alpha value is 0.0800. The zero-order chi connectivity index (χ0) is 17.8. The first kappa shape index (κ1) is 25.3. The Balaban J connectivity index is 0. The van der Waals surface area contributed by atoms with Crippen molar-refractivity contribution in [2.24, 2.45) is 5.41 Å². The fraction of sp³-hybridized carbons (Fsp3) is 0.889. The molecule has 0 aliphatic heterocycles. The second kappa shape index (κ2) is 8.97. The summed E-state index contributed by atoms with van der Waals surface area (Å²) in [5.74, 6) is -0.671. The fourth-order valence-electron chi connectivity index (χ4n) is 0.797. The number of hydrogen-bond donors (Lipinski definition) is 0. The molecule has 8 nitrogen and oxygen atoms in total. The Labute approximate surface area is 154 Å². The van der Waals surface area contributed by atoms with E-state index in [1.54, 1.807) is 24.9 Å². The smallest absolute Gasteiger partial charge is 0.463 e. The van der Waals surface area contributed by atoms with Gasteiger partial charge >= 0.3 is 41.0 Å². The number of sulfonamides is 1. The van der Waals surface area contributed by atoms with Gasteiger partial charge in [0.25, 0.3) is 0 Å². The molecule has 0 aliphatic rings. The Morgan fingerprint density at radius 2 is 1.57 bits per heavy atom. The van der Waals surface area contributed by atoms with E-state index in [-0.39, 0.29) is 29.6 Å². The molecule has 0 radical (unpaired) electrons. The van der Waals surface area contributed by atoms with E-state index in [0.717, 1.165) is 0 Å². The molecule has 0 aliphatic carbocycles. The van der Waals surface area contributed by atoms with Crippen molar-refractivity contribution in [2.45, 2.75) is 32.7 Å². The van der Waals surface area contributed by atoms with Crippen LogP contribution in [0.2, 0.25) is 0 Å². The van der Waals surface area contributed by atoms with Gasteiger partial charge in [-0.1, -0.05) is 6.92 Å². The van der Waals surface area contributed by atoms with Gasteiger partial charge in [0.2, 0.25) is 10.3 Å². The van der Waals surface area contributed by atoms with Crippen LogP contribution in [-0.4, -0.2) is 41.5 Å². The minimum absolute atomic E-state index is 0. The van der Waals surface area contributed by atoms with Gasteiger partial charge in [-0.2, -0.15) is 13.2 Å². The van der Waals surface area contributed by atoms with Crippen molar-refractivity contribution in [1.29, 1.82) is 0 Å². The second-order valence-electron chi connectivity index (χ2n) is 4.62. The van der Waals surface area contributed by atoms with Crippen LogP contribution in [0.1, 0.15) is 27.2 Å². The van der Waals surface area contributed by atoms with E-state index >= 15 is 0 Å². The molecule has 0 amide bonds. The van der Waals surface area contributed by atoms with E-state index in [0.29, 0.717) is 6.42 Å². The second-order valence-corrected chi connectivity index (χ2v) is 7.72. The summed E-state index contributed by atoms with van der Waals surface area (Å²) >= 11 is 0. The SMILES string of the molecule is CCC(C)(C)C(=O)OCCOS(=O)(=O)[N-]S(=O)(=O)C(F)(F)F.[Na+]. The minimum Gasteiger partial charge on any atom is -0.463 e. The zero-order valence-corrected chi connectivity index (χ0v) is 16.5. The Kier molecular flexibility index (Phi) is 9.87. The van der Waals surface area contributed by atoms with Crippen molar-refractivity contribution in [3.63, 3.8) is 0 Å². The molecule has 0 saturated carbocycles. The molecule has 0 bridgehead atoms. The third kappa shape index (κ3) is 8.65.